The van der Waals surface area contributed by atoms with Crippen LogP contribution in [0, 0.1) is 12.8 Å². The molecule has 0 radical (unpaired) electrons. The standard InChI is InChI=1S/C13H20BrNO2S/c1-4-17-12(16)6-8(2)5-11(15)13-10(14)7-9(3)18-13/h7-8,11H,4-6,15H2,1-3H3. The highest BCUT2D eigenvalue weighted by molar-refractivity contribution is 9.10. The molecule has 0 aliphatic heterocycles. The first-order valence-corrected chi connectivity index (χ1v) is 7.72. The third kappa shape index (κ3) is 4.71. The number of ether oxygens (including phenoxy) is 1. The van der Waals surface area contributed by atoms with Gasteiger partial charge in [0.15, 0.2) is 0 Å². The Hall–Kier alpha value is -0.390. The van der Waals surface area contributed by atoms with Gasteiger partial charge in [-0.15, -0.1) is 11.3 Å². The average molecular weight is 334 g/mol. The Morgan fingerprint density at radius 2 is 2.28 bits per heavy atom. The van der Waals surface area contributed by atoms with Gasteiger partial charge in [-0.05, 0) is 48.2 Å². The van der Waals surface area contributed by atoms with Crippen LogP contribution in [-0.4, -0.2) is 12.6 Å². The molecule has 0 bridgehead atoms. The van der Waals surface area contributed by atoms with Crippen LogP contribution in [0.5, 0.6) is 0 Å². The zero-order valence-electron chi connectivity index (χ0n) is 11.0. The molecule has 0 amide bonds. The van der Waals surface area contributed by atoms with Crippen molar-refractivity contribution in [1.29, 1.82) is 0 Å². The van der Waals surface area contributed by atoms with Crippen LogP contribution in [-0.2, 0) is 9.53 Å². The Morgan fingerprint density at radius 3 is 2.78 bits per heavy atom. The Kier molecular flexibility index (Phi) is 6.32. The van der Waals surface area contributed by atoms with Gasteiger partial charge in [0.1, 0.15) is 0 Å². The fraction of sp³-hybridized carbons (Fsp3) is 0.615. The van der Waals surface area contributed by atoms with E-state index in [9.17, 15) is 4.79 Å². The molecule has 1 aromatic heterocycles. The van der Waals surface area contributed by atoms with Crippen molar-refractivity contribution in [2.75, 3.05) is 6.61 Å². The van der Waals surface area contributed by atoms with E-state index in [2.05, 4.69) is 28.9 Å². The van der Waals surface area contributed by atoms with Crippen molar-refractivity contribution >= 4 is 33.2 Å². The highest BCUT2D eigenvalue weighted by Crippen LogP contribution is 2.34. The number of halogens is 1. The molecular weight excluding hydrogens is 314 g/mol. The Labute approximate surface area is 121 Å². The second-order valence-electron chi connectivity index (χ2n) is 4.53. The van der Waals surface area contributed by atoms with Crippen molar-refractivity contribution in [3.63, 3.8) is 0 Å². The fourth-order valence-corrected chi connectivity index (χ4v) is 3.84. The van der Waals surface area contributed by atoms with E-state index in [1.807, 2.05) is 13.8 Å². The van der Waals surface area contributed by atoms with Crippen LogP contribution in [0.3, 0.4) is 0 Å². The first-order valence-electron chi connectivity index (χ1n) is 6.11. The van der Waals surface area contributed by atoms with E-state index in [0.717, 1.165) is 15.8 Å². The van der Waals surface area contributed by atoms with Crippen LogP contribution in [0.4, 0.5) is 0 Å². The van der Waals surface area contributed by atoms with E-state index >= 15 is 0 Å². The number of hydrogen-bond acceptors (Lipinski definition) is 4. The maximum atomic E-state index is 11.4. The SMILES string of the molecule is CCOC(=O)CC(C)CC(N)c1sc(C)cc1Br. The number of aryl methyl sites for hydroxylation is 1. The molecule has 0 fully saturated rings. The Bertz CT molecular complexity index is 406. The van der Waals surface area contributed by atoms with Gasteiger partial charge < -0.3 is 10.5 Å². The average Bonchev–Trinajstić information content (AvgIpc) is 2.57. The van der Waals surface area contributed by atoms with Crippen molar-refractivity contribution in [3.8, 4) is 0 Å². The van der Waals surface area contributed by atoms with Gasteiger partial charge in [-0.2, -0.15) is 0 Å². The van der Waals surface area contributed by atoms with Crippen LogP contribution in [0.2, 0.25) is 0 Å². The van der Waals surface area contributed by atoms with Crippen molar-refractivity contribution in [2.24, 2.45) is 11.7 Å². The summed E-state index contributed by atoms with van der Waals surface area (Å²) in [5.74, 6) is 0.0898. The number of rotatable bonds is 6. The van der Waals surface area contributed by atoms with Gasteiger partial charge in [-0.25, -0.2) is 0 Å². The van der Waals surface area contributed by atoms with Gasteiger partial charge in [-0.3, -0.25) is 4.79 Å². The van der Waals surface area contributed by atoms with Crippen molar-refractivity contribution in [3.05, 3.63) is 20.3 Å². The molecule has 2 atom stereocenters. The number of thiophene rings is 1. The molecular formula is C13H20BrNO2S. The predicted molar refractivity (Wildman–Crippen MR) is 78.7 cm³/mol. The highest BCUT2D eigenvalue weighted by atomic mass is 79.9. The first kappa shape index (κ1) is 15.7. The molecule has 1 aromatic rings. The molecule has 0 aromatic carbocycles. The van der Waals surface area contributed by atoms with Crippen LogP contribution in [0.15, 0.2) is 10.5 Å². The summed E-state index contributed by atoms with van der Waals surface area (Å²) in [4.78, 5) is 13.8. The number of hydrogen-bond donors (Lipinski definition) is 1. The summed E-state index contributed by atoms with van der Waals surface area (Å²) in [7, 11) is 0. The monoisotopic (exact) mass is 333 g/mol. The first-order chi connectivity index (χ1) is 8.43. The summed E-state index contributed by atoms with van der Waals surface area (Å²) in [6.45, 7) is 6.35. The second kappa shape index (κ2) is 7.26. The summed E-state index contributed by atoms with van der Waals surface area (Å²) < 4.78 is 6.01. The van der Waals surface area contributed by atoms with E-state index in [4.69, 9.17) is 10.5 Å². The van der Waals surface area contributed by atoms with Crippen LogP contribution in [0.1, 0.15) is 42.5 Å². The summed E-state index contributed by atoms with van der Waals surface area (Å²) >= 11 is 5.23. The summed E-state index contributed by atoms with van der Waals surface area (Å²) in [5.41, 5.74) is 6.19. The van der Waals surface area contributed by atoms with Crippen molar-refractivity contribution in [1.82, 2.24) is 0 Å². The van der Waals surface area contributed by atoms with Crippen molar-refractivity contribution in [2.45, 2.75) is 39.7 Å². The molecule has 1 heterocycles. The number of carbonyl (C=O) groups excluding carboxylic acids is 1. The summed E-state index contributed by atoms with van der Waals surface area (Å²) in [6.07, 6.45) is 1.22. The quantitative estimate of drug-likeness (QED) is 0.805. The minimum absolute atomic E-state index is 0.0255. The highest BCUT2D eigenvalue weighted by Gasteiger charge is 2.18. The fourth-order valence-electron chi connectivity index (χ4n) is 1.88. The Morgan fingerprint density at radius 1 is 1.61 bits per heavy atom. The van der Waals surface area contributed by atoms with Crippen LogP contribution in [0.25, 0.3) is 0 Å². The molecule has 1 rings (SSSR count). The van der Waals surface area contributed by atoms with Gasteiger partial charge in [0.2, 0.25) is 0 Å². The Balaban J connectivity index is 2.51. The largest absolute Gasteiger partial charge is 0.466 e. The van der Waals surface area contributed by atoms with Crippen LogP contribution >= 0.6 is 27.3 Å². The maximum absolute atomic E-state index is 11.4. The second-order valence-corrected chi connectivity index (χ2v) is 6.67. The van der Waals surface area contributed by atoms with Gasteiger partial charge in [0, 0.05) is 26.7 Å². The summed E-state index contributed by atoms with van der Waals surface area (Å²) in [5, 5.41) is 0. The van der Waals surface area contributed by atoms with Gasteiger partial charge in [0.05, 0.1) is 6.61 Å². The number of nitrogens with two attached hydrogens (primary N) is 1. The molecule has 2 unspecified atom stereocenters. The van der Waals surface area contributed by atoms with Gasteiger partial charge in [-0.1, -0.05) is 6.92 Å². The molecule has 18 heavy (non-hydrogen) atoms. The van der Waals surface area contributed by atoms with Crippen molar-refractivity contribution < 1.29 is 9.53 Å². The molecule has 0 spiro atoms. The molecule has 0 saturated carbocycles. The lowest BCUT2D eigenvalue weighted by molar-refractivity contribution is -0.144. The zero-order valence-corrected chi connectivity index (χ0v) is 13.4. The topological polar surface area (TPSA) is 52.3 Å². The van der Waals surface area contributed by atoms with E-state index < -0.39 is 0 Å². The minimum Gasteiger partial charge on any atom is -0.466 e. The van der Waals surface area contributed by atoms with E-state index in [0.29, 0.717) is 13.0 Å². The zero-order chi connectivity index (χ0) is 13.7. The lowest BCUT2D eigenvalue weighted by atomic mass is 9.98. The molecule has 0 aliphatic carbocycles. The van der Waals surface area contributed by atoms with E-state index in [1.54, 1.807) is 11.3 Å². The smallest absolute Gasteiger partial charge is 0.306 e. The predicted octanol–water partition coefficient (Wildman–Crippen LogP) is 3.80. The third-order valence-electron chi connectivity index (χ3n) is 2.65. The molecule has 0 aliphatic rings. The molecule has 2 N–H and O–H groups in total. The summed E-state index contributed by atoms with van der Waals surface area (Å²) in [6, 6.07) is 2.05. The number of carbonyl (C=O) groups is 1. The van der Waals surface area contributed by atoms with E-state index in [-0.39, 0.29) is 17.9 Å². The lowest BCUT2D eigenvalue weighted by Gasteiger charge is -2.16. The maximum Gasteiger partial charge on any atom is 0.306 e. The van der Waals surface area contributed by atoms with E-state index in [1.165, 1.54) is 4.88 Å². The van der Waals surface area contributed by atoms with Gasteiger partial charge in [0.25, 0.3) is 0 Å². The molecule has 3 nitrogen and oxygen atoms in total. The minimum atomic E-state index is -0.140. The van der Waals surface area contributed by atoms with Crippen LogP contribution < -0.4 is 5.73 Å². The van der Waals surface area contributed by atoms with Gasteiger partial charge >= 0.3 is 5.97 Å². The normalized spacial score (nSPS) is 14.3. The number of esters is 1. The third-order valence-corrected chi connectivity index (χ3v) is 4.75. The molecule has 102 valence electrons. The lowest BCUT2D eigenvalue weighted by Crippen LogP contribution is -2.16. The molecule has 0 saturated heterocycles. The molecule has 5 heteroatoms.